The van der Waals surface area contributed by atoms with Crippen molar-refractivity contribution in [1.82, 2.24) is 4.90 Å². The van der Waals surface area contributed by atoms with Crippen molar-refractivity contribution in [3.05, 3.63) is 89.5 Å². The van der Waals surface area contributed by atoms with Crippen LogP contribution in [-0.2, 0) is 20.9 Å². The van der Waals surface area contributed by atoms with Gasteiger partial charge in [-0.25, -0.2) is 4.79 Å². The van der Waals surface area contributed by atoms with E-state index in [2.05, 4.69) is 57.2 Å². The van der Waals surface area contributed by atoms with Gasteiger partial charge in [0.1, 0.15) is 6.29 Å². The lowest BCUT2D eigenvalue weighted by molar-refractivity contribution is -0.134. The van der Waals surface area contributed by atoms with Crippen molar-refractivity contribution >= 4 is 35.9 Å². The summed E-state index contributed by atoms with van der Waals surface area (Å²) in [6, 6.07) is 22.6. The summed E-state index contributed by atoms with van der Waals surface area (Å²) in [4.78, 5) is 26.0. The summed E-state index contributed by atoms with van der Waals surface area (Å²) in [5, 5.41) is 10.7. The number of carbonyl (C=O) groups excluding carboxylic acids is 2. The molecule has 0 aliphatic carbocycles. The van der Waals surface area contributed by atoms with Crippen molar-refractivity contribution in [3.63, 3.8) is 0 Å². The first-order valence-electron chi connectivity index (χ1n) is 13.5. The lowest BCUT2D eigenvalue weighted by atomic mass is 9.99. The van der Waals surface area contributed by atoms with Crippen molar-refractivity contribution < 1.29 is 14.3 Å². The van der Waals surface area contributed by atoms with Crippen molar-refractivity contribution in [1.29, 1.82) is 5.41 Å². The van der Waals surface area contributed by atoms with Crippen LogP contribution in [0.1, 0.15) is 29.5 Å². The van der Waals surface area contributed by atoms with Crippen molar-refractivity contribution in [3.8, 4) is 11.1 Å². The highest BCUT2D eigenvalue weighted by Crippen LogP contribution is 2.25. The molecule has 0 unspecified atom stereocenters. The number of methoxy groups -OCH3 is 1. The van der Waals surface area contributed by atoms with Crippen molar-refractivity contribution in [2.75, 3.05) is 51.6 Å². The highest BCUT2D eigenvalue weighted by atomic mass is 16.5. The molecule has 1 aliphatic heterocycles. The molecule has 0 spiro atoms. The Labute approximate surface area is 238 Å². The molecule has 210 valence electrons. The summed E-state index contributed by atoms with van der Waals surface area (Å²) >= 11 is 0. The molecule has 2 N–H and O–H groups in total. The van der Waals surface area contributed by atoms with E-state index in [1.807, 2.05) is 50.5 Å². The Kier molecular flexibility index (Phi) is 11.7. The van der Waals surface area contributed by atoms with E-state index in [9.17, 15) is 9.59 Å². The molecule has 3 aromatic rings. The zero-order chi connectivity index (χ0) is 28.9. The number of aldehydes is 1. The van der Waals surface area contributed by atoms with Crippen LogP contribution in [0.15, 0.2) is 72.8 Å². The predicted octanol–water partition coefficient (Wildman–Crippen LogP) is 5.74. The van der Waals surface area contributed by atoms with Gasteiger partial charge in [0.05, 0.1) is 7.11 Å². The Morgan fingerprint density at radius 3 is 2.40 bits per heavy atom. The largest absolute Gasteiger partial charge is 0.466 e. The molecule has 3 aromatic carbocycles. The van der Waals surface area contributed by atoms with Gasteiger partial charge in [-0.2, -0.15) is 0 Å². The average molecular weight is 541 g/mol. The first-order chi connectivity index (χ1) is 19.4. The van der Waals surface area contributed by atoms with Crippen molar-refractivity contribution in [2.24, 2.45) is 5.92 Å². The van der Waals surface area contributed by atoms with E-state index in [1.54, 1.807) is 6.08 Å². The average Bonchev–Trinajstić information content (AvgIpc) is 3.00. The molecule has 4 rings (SSSR count). The number of esters is 1. The Morgan fingerprint density at radius 2 is 1.77 bits per heavy atom. The second-order valence-electron chi connectivity index (χ2n) is 9.98. The Morgan fingerprint density at radius 1 is 1.07 bits per heavy atom. The smallest absolute Gasteiger partial charge is 0.330 e. The summed E-state index contributed by atoms with van der Waals surface area (Å²) in [5.41, 5.74) is 7.22. The quantitative estimate of drug-likeness (QED) is 0.156. The van der Waals surface area contributed by atoms with Gasteiger partial charge in [0.15, 0.2) is 0 Å². The standard InChI is InChI=1S/C26H27N3O2.C7H13NO/c1-28-25-13-12-22(16-23(25)17-27)21-10-7-20(8-11-21)18-29(2)24-6-4-5-19(15-24)9-14-26(30)31-3;1-8-4-2-7(6-9)3-5-8/h4-17,27-28H,18H2,1-3H3;6-7H,2-5H2,1H3/b14-9+,27-17?;. The van der Waals surface area contributed by atoms with Crippen LogP contribution in [0.5, 0.6) is 0 Å². The first-order valence-corrected chi connectivity index (χ1v) is 13.5. The number of ether oxygens (including phenoxy) is 1. The SMILES string of the molecule is CN1CCC(C=O)CC1.CNc1ccc(-c2ccc(CN(C)c3cccc(/C=C/C(=O)OC)c3)cc2)cc1C=N. The molecular weight excluding hydrogens is 500 g/mol. The maximum Gasteiger partial charge on any atom is 0.330 e. The zero-order valence-electron chi connectivity index (χ0n) is 23.9. The maximum absolute atomic E-state index is 11.3. The number of hydrogen-bond donors (Lipinski definition) is 2. The third kappa shape index (κ3) is 8.92. The van der Waals surface area contributed by atoms with Gasteiger partial charge in [-0.05, 0) is 85.6 Å². The minimum atomic E-state index is -0.368. The highest BCUT2D eigenvalue weighted by Gasteiger charge is 2.14. The van der Waals surface area contributed by atoms with Gasteiger partial charge in [0.2, 0.25) is 0 Å². The molecule has 1 saturated heterocycles. The molecule has 0 saturated carbocycles. The Hall–Kier alpha value is -4.23. The van der Waals surface area contributed by atoms with E-state index in [0.717, 1.165) is 72.4 Å². The van der Waals surface area contributed by atoms with Crippen LogP contribution in [0.3, 0.4) is 0 Å². The molecule has 1 heterocycles. The van der Waals surface area contributed by atoms with E-state index in [0.29, 0.717) is 5.92 Å². The molecule has 1 aliphatic rings. The van der Waals surface area contributed by atoms with Gasteiger partial charge in [-0.15, -0.1) is 0 Å². The second-order valence-corrected chi connectivity index (χ2v) is 9.98. The third-order valence-corrected chi connectivity index (χ3v) is 7.06. The fourth-order valence-electron chi connectivity index (χ4n) is 4.52. The van der Waals surface area contributed by atoms with Gasteiger partial charge < -0.3 is 30.1 Å². The van der Waals surface area contributed by atoms with Crippen molar-refractivity contribution in [2.45, 2.75) is 19.4 Å². The Bertz CT molecular complexity index is 1300. The van der Waals surface area contributed by atoms with Crippen LogP contribution in [0.2, 0.25) is 0 Å². The number of benzene rings is 3. The minimum Gasteiger partial charge on any atom is -0.466 e. The molecule has 0 bridgehead atoms. The molecule has 0 atom stereocenters. The topological polar surface area (TPSA) is 85.7 Å². The van der Waals surface area contributed by atoms with Gasteiger partial charge in [-0.1, -0.05) is 42.5 Å². The van der Waals surface area contributed by atoms with Gasteiger partial charge in [-0.3, -0.25) is 0 Å². The summed E-state index contributed by atoms with van der Waals surface area (Å²) in [7, 11) is 7.37. The predicted molar refractivity (Wildman–Crippen MR) is 165 cm³/mol. The molecule has 7 heteroatoms. The van der Waals surface area contributed by atoms with Crippen LogP contribution < -0.4 is 10.2 Å². The summed E-state index contributed by atoms with van der Waals surface area (Å²) < 4.78 is 4.64. The molecule has 40 heavy (non-hydrogen) atoms. The molecule has 0 radical (unpaired) electrons. The normalized spacial score (nSPS) is 13.7. The van der Waals surface area contributed by atoms with E-state index in [1.165, 1.54) is 25.0 Å². The second kappa shape index (κ2) is 15.4. The number of anilines is 2. The molecular formula is C33H40N4O3. The van der Waals surface area contributed by atoms with E-state index in [4.69, 9.17) is 5.41 Å². The maximum atomic E-state index is 11.3. The van der Waals surface area contributed by atoms with Gasteiger partial charge >= 0.3 is 5.97 Å². The molecule has 0 amide bonds. The zero-order valence-corrected chi connectivity index (χ0v) is 23.9. The number of nitrogens with one attached hydrogen (secondary N) is 2. The lowest BCUT2D eigenvalue weighted by Gasteiger charge is -2.25. The van der Waals surface area contributed by atoms with E-state index >= 15 is 0 Å². The number of piperidine rings is 1. The monoisotopic (exact) mass is 540 g/mol. The van der Waals surface area contributed by atoms with Crippen LogP contribution in [0.4, 0.5) is 11.4 Å². The summed E-state index contributed by atoms with van der Waals surface area (Å²) in [5.74, 6) is -0.0200. The van der Waals surface area contributed by atoms with Gasteiger partial charge in [0, 0.05) is 55.8 Å². The Balaban J connectivity index is 0.000000415. The van der Waals surface area contributed by atoms with Gasteiger partial charge in [0.25, 0.3) is 0 Å². The number of carbonyl (C=O) groups is 2. The number of rotatable bonds is 9. The summed E-state index contributed by atoms with van der Waals surface area (Å²) in [6.07, 6.45) is 7.74. The third-order valence-electron chi connectivity index (χ3n) is 7.06. The van der Waals surface area contributed by atoms with Crippen LogP contribution in [0.25, 0.3) is 17.2 Å². The summed E-state index contributed by atoms with van der Waals surface area (Å²) in [6.45, 7) is 2.93. The van der Waals surface area contributed by atoms with Crippen LogP contribution in [-0.4, -0.2) is 64.7 Å². The lowest BCUT2D eigenvalue weighted by Crippen LogP contribution is -2.30. The number of hydrogen-bond acceptors (Lipinski definition) is 7. The van der Waals surface area contributed by atoms with Crippen LogP contribution >= 0.6 is 0 Å². The van der Waals surface area contributed by atoms with Crippen LogP contribution in [0, 0.1) is 11.3 Å². The van der Waals surface area contributed by atoms with E-state index in [-0.39, 0.29) is 5.97 Å². The van der Waals surface area contributed by atoms with E-state index < -0.39 is 0 Å². The first kappa shape index (κ1) is 30.3. The fourth-order valence-corrected chi connectivity index (χ4v) is 4.52. The highest BCUT2D eigenvalue weighted by molar-refractivity contribution is 5.88. The number of likely N-dealkylation sites (tertiary alicyclic amines) is 1. The molecule has 1 fully saturated rings. The fraction of sp³-hybridized carbons (Fsp3) is 0.303. The number of nitrogens with zero attached hydrogens (tertiary/aromatic N) is 2. The molecule has 7 nitrogen and oxygen atoms in total. The molecule has 0 aromatic heterocycles. The minimum absolute atomic E-state index is 0.348.